The number of esters is 1. The first kappa shape index (κ1) is 20.5. The maximum absolute atomic E-state index is 13.1. The van der Waals surface area contributed by atoms with Crippen LogP contribution in [-0.2, 0) is 19.1 Å². The Morgan fingerprint density at radius 2 is 1.76 bits per heavy atom. The molecule has 1 aliphatic rings. The first-order valence-corrected chi connectivity index (χ1v) is 9.61. The first-order chi connectivity index (χ1) is 14.0. The molecule has 3 rings (SSSR count). The molecule has 0 aliphatic carbocycles. The molecule has 2 amide bonds. The van der Waals surface area contributed by atoms with Gasteiger partial charge in [0, 0.05) is 24.2 Å². The minimum Gasteiger partial charge on any atom is -0.446 e. The van der Waals surface area contributed by atoms with Gasteiger partial charge < -0.3 is 15.0 Å². The van der Waals surface area contributed by atoms with E-state index in [1.165, 1.54) is 29.2 Å². The van der Waals surface area contributed by atoms with Crippen molar-refractivity contribution in [1.82, 2.24) is 4.90 Å². The molecule has 29 heavy (non-hydrogen) atoms. The molecule has 1 N–H and O–H groups in total. The molecule has 2 aromatic carbocycles. The molecule has 1 saturated heterocycles. The van der Waals surface area contributed by atoms with E-state index in [2.05, 4.69) is 5.32 Å². The van der Waals surface area contributed by atoms with Gasteiger partial charge in [0.2, 0.25) is 12.0 Å². The normalized spacial score (nSPS) is 15.3. The third-order valence-corrected chi connectivity index (χ3v) is 4.69. The monoisotopic (exact) mass is 398 g/mol. The molecule has 152 valence electrons. The number of nitrogens with zero attached hydrogens (tertiary/aromatic N) is 1. The lowest BCUT2D eigenvalue weighted by Gasteiger charge is -2.22. The van der Waals surface area contributed by atoms with Crippen molar-refractivity contribution in [1.29, 1.82) is 0 Å². The topological polar surface area (TPSA) is 75.7 Å². The van der Waals surface area contributed by atoms with Crippen molar-refractivity contribution in [3.05, 3.63) is 66.0 Å². The van der Waals surface area contributed by atoms with Gasteiger partial charge >= 0.3 is 5.97 Å². The third kappa shape index (κ3) is 5.88. The highest BCUT2D eigenvalue weighted by atomic mass is 19.1. The lowest BCUT2D eigenvalue weighted by molar-refractivity contribution is -0.157. The molecule has 6 nitrogen and oxygen atoms in total. The summed E-state index contributed by atoms with van der Waals surface area (Å²) in [6.07, 6.45) is 1.84. The summed E-state index contributed by atoms with van der Waals surface area (Å²) in [5.41, 5.74) is 0.888. The van der Waals surface area contributed by atoms with Crippen LogP contribution in [0.5, 0.6) is 0 Å². The number of rotatable bonds is 6. The minimum atomic E-state index is -1.18. The fraction of sp³-hybridized carbons (Fsp3) is 0.318. The highest BCUT2D eigenvalue weighted by Crippen LogP contribution is 2.21. The average Bonchev–Trinajstić information content (AvgIpc) is 2.92. The Labute approximate surface area is 168 Å². The zero-order valence-corrected chi connectivity index (χ0v) is 16.0. The van der Waals surface area contributed by atoms with Crippen LogP contribution in [0.25, 0.3) is 0 Å². The lowest BCUT2D eigenvalue weighted by Crippen LogP contribution is -2.37. The van der Waals surface area contributed by atoms with E-state index in [-0.39, 0.29) is 12.5 Å². The number of hydrogen-bond acceptors (Lipinski definition) is 4. The van der Waals surface area contributed by atoms with Gasteiger partial charge in [0.05, 0.1) is 0 Å². The Kier molecular flexibility index (Phi) is 6.94. The number of amides is 2. The first-order valence-electron chi connectivity index (χ1n) is 9.61. The van der Waals surface area contributed by atoms with Crippen molar-refractivity contribution in [3.8, 4) is 0 Å². The smallest absolute Gasteiger partial charge is 0.326 e. The van der Waals surface area contributed by atoms with E-state index < -0.39 is 23.8 Å². The van der Waals surface area contributed by atoms with Gasteiger partial charge in [-0.2, -0.15) is 0 Å². The van der Waals surface area contributed by atoms with Crippen LogP contribution >= 0.6 is 0 Å². The van der Waals surface area contributed by atoms with E-state index in [4.69, 9.17) is 4.74 Å². The minimum absolute atomic E-state index is 0.0773. The molecule has 0 radical (unpaired) electrons. The number of anilines is 1. The molecule has 1 heterocycles. The summed E-state index contributed by atoms with van der Waals surface area (Å²) in [6, 6.07) is 13.9. The van der Waals surface area contributed by atoms with Crippen LogP contribution < -0.4 is 5.32 Å². The quantitative estimate of drug-likeness (QED) is 0.757. The van der Waals surface area contributed by atoms with Gasteiger partial charge in [0.25, 0.3) is 5.91 Å². The summed E-state index contributed by atoms with van der Waals surface area (Å²) in [5, 5.41) is 2.63. The average molecular weight is 398 g/mol. The fourth-order valence-corrected chi connectivity index (χ4v) is 3.17. The number of nitrogens with one attached hydrogen (secondary N) is 1. The Morgan fingerprint density at radius 1 is 1.03 bits per heavy atom. The van der Waals surface area contributed by atoms with Crippen molar-refractivity contribution in [2.45, 2.75) is 31.8 Å². The molecular weight excluding hydrogens is 375 g/mol. The van der Waals surface area contributed by atoms with Gasteiger partial charge in [-0.05, 0) is 37.1 Å². The second-order valence-corrected chi connectivity index (χ2v) is 6.90. The molecule has 1 atom stereocenters. The molecule has 0 spiro atoms. The van der Waals surface area contributed by atoms with E-state index in [9.17, 15) is 18.8 Å². The highest BCUT2D eigenvalue weighted by molar-refractivity contribution is 5.96. The van der Waals surface area contributed by atoms with Gasteiger partial charge in [0.15, 0.2) is 0 Å². The van der Waals surface area contributed by atoms with Crippen molar-refractivity contribution >= 4 is 23.5 Å². The summed E-state index contributed by atoms with van der Waals surface area (Å²) in [7, 11) is 0. The van der Waals surface area contributed by atoms with Gasteiger partial charge in [-0.15, -0.1) is 0 Å². The molecule has 2 aromatic rings. The Bertz CT molecular complexity index is 855. The van der Waals surface area contributed by atoms with Crippen LogP contribution in [0.15, 0.2) is 54.6 Å². The molecule has 7 heteroatoms. The maximum atomic E-state index is 13.1. The van der Waals surface area contributed by atoms with Crippen LogP contribution in [-0.4, -0.2) is 35.8 Å². The number of halogens is 1. The number of hydrogen-bond donors (Lipinski definition) is 1. The highest BCUT2D eigenvalue weighted by Gasteiger charge is 2.27. The van der Waals surface area contributed by atoms with Crippen LogP contribution in [0.2, 0.25) is 0 Å². The van der Waals surface area contributed by atoms with Gasteiger partial charge in [0.1, 0.15) is 12.4 Å². The number of carbonyl (C=O) groups is 3. The summed E-state index contributed by atoms with van der Waals surface area (Å²) in [5.74, 6) is -1.70. The van der Waals surface area contributed by atoms with Crippen LogP contribution in [0, 0.1) is 5.82 Å². The molecule has 0 unspecified atom stereocenters. The van der Waals surface area contributed by atoms with Crippen molar-refractivity contribution < 1.29 is 23.5 Å². The van der Waals surface area contributed by atoms with Crippen molar-refractivity contribution in [3.63, 3.8) is 0 Å². The number of ether oxygens (including phenoxy) is 1. The van der Waals surface area contributed by atoms with Gasteiger partial charge in [-0.3, -0.25) is 14.4 Å². The van der Waals surface area contributed by atoms with Gasteiger partial charge in [-0.1, -0.05) is 36.8 Å². The van der Waals surface area contributed by atoms with E-state index in [1.807, 2.05) is 0 Å². The van der Waals surface area contributed by atoms with E-state index >= 15 is 0 Å². The number of likely N-dealkylation sites (tertiary alicyclic amines) is 1. The molecule has 1 fully saturated rings. The molecule has 0 aromatic heterocycles. The van der Waals surface area contributed by atoms with Crippen molar-refractivity contribution in [2.75, 3.05) is 18.4 Å². The maximum Gasteiger partial charge on any atom is 0.326 e. The predicted molar refractivity (Wildman–Crippen MR) is 105 cm³/mol. The Hall–Kier alpha value is -3.22. The largest absolute Gasteiger partial charge is 0.446 e. The molecule has 1 aliphatic heterocycles. The molecule has 0 saturated carbocycles. The second-order valence-electron chi connectivity index (χ2n) is 6.90. The summed E-state index contributed by atoms with van der Waals surface area (Å²) in [6.45, 7) is 0.317. The third-order valence-electron chi connectivity index (χ3n) is 4.69. The number of carbonyl (C=O) groups excluding carboxylic acids is 3. The van der Waals surface area contributed by atoms with Gasteiger partial charge in [-0.25, -0.2) is 4.39 Å². The van der Waals surface area contributed by atoms with Crippen LogP contribution in [0.1, 0.15) is 37.4 Å². The molecule has 0 bridgehead atoms. The standard InChI is InChI=1S/C22H23FN2O4/c23-17-10-12-18(13-11-17)24-22(28)21(16-7-3-1-4-8-16)29-20(27)15-25-14-6-2-5-9-19(25)26/h1,3-4,7-8,10-13,21H,2,5-6,9,14-15H2,(H,24,28)/t21-/m1/s1. The van der Waals surface area contributed by atoms with Crippen molar-refractivity contribution in [2.24, 2.45) is 0 Å². The fourth-order valence-electron chi connectivity index (χ4n) is 3.17. The molecular formula is C22H23FN2O4. The lowest BCUT2D eigenvalue weighted by atomic mass is 10.1. The SMILES string of the molecule is O=C(CN1CCCCCC1=O)O[C@@H](C(=O)Nc1ccc(F)cc1)c1ccccc1. The summed E-state index contributed by atoms with van der Waals surface area (Å²) >= 11 is 0. The van der Waals surface area contributed by atoms with E-state index in [0.29, 0.717) is 24.2 Å². The van der Waals surface area contributed by atoms with Crippen LogP contribution in [0.3, 0.4) is 0 Å². The number of benzene rings is 2. The zero-order chi connectivity index (χ0) is 20.6. The van der Waals surface area contributed by atoms with E-state index in [1.54, 1.807) is 30.3 Å². The van der Waals surface area contributed by atoms with Crippen LogP contribution in [0.4, 0.5) is 10.1 Å². The predicted octanol–water partition coefficient (Wildman–Crippen LogP) is 3.45. The van der Waals surface area contributed by atoms with E-state index in [0.717, 1.165) is 19.3 Å². The zero-order valence-electron chi connectivity index (χ0n) is 16.0. The Morgan fingerprint density at radius 3 is 2.48 bits per heavy atom. The summed E-state index contributed by atoms with van der Waals surface area (Å²) < 4.78 is 18.6. The Balaban J connectivity index is 1.71. The second kappa shape index (κ2) is 9.82. The summed E-state index contributed by atoms with van der Waals surface area (Å²) in [4.78, 5) is 38.9.